The fraction of sp³-hybridized carbons (Fsp3) is 0.643. The first-order valence-corrected chi connectivity index (χ1v) is 5.82. The first kappa shape index (κ1) is 14.9. The van der Waals surface area contributed by atoms with Crippen molar-refractivity contribution in [1.29, 1.82) is 0 Å². The highest BCUT2D eigenvalue weighted by Gasteiger charge is 2.10. The van der Waals surface area contributed by atoms with Gasteiger partial charge in [0.1, 0.15) is 6.61 Å². The van der Waals surface area contributed by atoms with E-state index in [1.54, 1.807) is 6.92 Å². The van der Waals surface area contributed by atoms with Crippen molar-refractivity contribution in [2.75, 3.05) is 6.61 Å². The maximum Gasteiger partial charge on any atom is 0.305 e. The maximum absolute atomic E-state index is 10.8. The molecule has 0 saturated carbocycles. The van der Waals surface area contributed by atoms with Crippen LogP contribution in [0.1, 0.15) is 47.0 Å². The largest absolute Gasteiger partial charge is 0.461 e. The Bertz CT molecular complexity index is 256. The molecule has 0 atom stereocenters. The summed E-state index contributed by atoms with van der Waals surface area (Å²) in [6, 6.07) is 0. The van der Waals surface area contributed by atoms with E-state index in [1.165, 1.54) is 5.57 Å². The topological polar surface area (TPSA) is 26.3 Å². The zero-order chi connectivity index (χ0) is 12.6. The molecule has 0 rings (SSSR count). The molecule has 0 amide bonds. The Morgan fingerprint density at radius 1 is 1.31 bits per heavy atom. The van der Waals surface area contributed by atoms with Crippen molar-refractivity contribution in [3.63, 3.8) is 0 Å². The Labute approximate surface area is 99.4 Å². The predicted molar refractivity (Wildman–Crippen MR) is 68.2 cm³/mol. The molecule has 0 bridgehead atoms. The summed E-state index contributed by atoms with van der Waals surface area (Å²) in [6.45, 7) is 12.8. The Kier molecular flexibility index (Phi) is 6.78. The molecule has 0 aliphatic rings. The fourth-order valence-electron chi connectivity index (χ4n) is 1.38. The molecule has 0 fully saturated rings. The lowest BCUT2D eigenvalue weighted by molar-refractivity contribution is -0.141. The summed E-state index contributed by atoms with van der Waals surface area (Å²) < 4.78 is 4.92. The summed E-state index contributed by atoms with van der Waals surface area (Å²) in [6.07, 6.45) is 6.20. The number of allylic oxidation sites excluding steroid dienone is 2. The second kappa shape index (κ2) is 7.26. The van der Waals surface area contributed by atoms with Crippen LogP contribution in [0.15, 0.2) is 24.3 Å². The van der Waals surface area contributed by atoms with Crippen LogP contribution in [0.25, 0.3) is 0 Å². The molecule has 0 aliphatic carbocycles. The molecule has 0 unspecified atom stereocenters. The lowest BCUT2D eigenvalue weighted by Gasteiger charge is -2.18. The van der Waals surface area contributed by atoms with Gasteiger partial charge in [0, 0.05) is 6.42 Å². The SMILES string of the molecule is C=C(C/C=C/COC(=O)CC)CC(C)(C)C. The number of hydrogen-bond acceptors (Lipinski definition) is 2. The van der Waals surface area contributed by atoms with Gasteiger partial charge in [-0.2, -0.15) is 0 Å². The number of carbonyl (C=O) groups is 1. The van der Waals surface area contributed by atoms with Crippen LogP contribution in [-0.2, 0) is 9.53 Å². The fourth-order valence-corrected chi connectivity index (χ4v) is 1.38. The Hall–Kier alpha value is -1.05. The summed E-state index contributed by atoms with van der Waals surface area (Å²) in [4.78, 5) is 10.8. The van der Waals surface area contributed by atoms with Crippen molar-refractivity contribution in [1.82, 2.24) is 0 Å². The number of hydrogen-bond donors (Lipinski definition) is 0. The quantitative estimate of drug-likeness (QED) is 0.505. The van der Waals surface area contributed by atoms with Gasteiger partial charge < -0.3 is 4.74 Å². The first-order valence-electron chi connectivity index (χ1n) is 5.82. The van der Waals surface area contributed by atoms with Crippen molar-refractivity contribution in [2.45, 2.75) is 47.0 Å². The van der Waals surface area contributed by atoms with E-state index in [0.29, 0.717) is 18.4 Å². The molecule has 0 aromatic rings. The first-order chi connectivity index (χ1) is 7.35. The van der Waals surface area contributed by atoms with Crippen LogP contribution in [0.2, 0.25) is 0 Å². The molecular formula is C14H24O2. The normalized spacial score (nSPS) is 11.8. The van der Waals surface area contributed by atoms with Gasteiger partial charge in [-0.05, 0) is 18.3 Å². The van der Waals surface area contributed by atoms with Crippen LogP contribution in [0.5, 0.6) is 0 Å². The molecule has 16 heavy (non-hydrogen) atoms. The summed E-state index contributed by atoms with van der Waals surface area (Å²) in [5.74, 6) is -0.154. The van der Waals surface area contributed by atoms with Crippen molar-refractivity contribution in [2.24, 2.45) is 5.41 Å². The third kappa shape index (κ3) is 9.50. The molecule has 2 heteroatoms. The maximum atomic E-state index is 10.8. The highest BCUT2D eigenvalue weighted by molar-refractivity contribution is 5.68. The van der Waals surface area contributed by atoms with Crippen LogP contribution in [-0.4, -0.2) is 12.6 Å². The van der Waals surface area contributed by atoms with Gasteiger partial charge in [-0.15, -0.1) is 0 Å². The minimum Gasteiger partial charge on any atom is -0.461 e. The minimum absolute atomic E-state index is 0.154. The lowest BCUT2D eigenvalue weighted by atomic mass is 9.87. The number of carbonyl (C=O) groups excluding carboxylic acids is 1. The highest BCUT2D eigenvalue weighted by Crippen LogP contribution is 2.24. The van der Waals surface area contributed by atoms with Gasteiger partial charge in [0.05, 0.1) is 0 Å². The predicted octanol–water partition coefficient (Wildman–Crippen LogP) is 3.88. The van der Waals surface area contributed by atoms with Crippen molar-refractivity contribution in [3.8, 4) is 0 Å². The van der Waals surface area contributed by atoms with Gasteiger partial charge in [0.15, 0.2) is 0 Å². The van der Waals surface area contributed by atoms with Crippen LogP contribution < -0.4 is 0 Å². The van der Waals surface area contributed by atoms with Crippen molar-refractivity contribution < 1.29 is 9.53 Å². The molecule has 0 radical (unpaired) electrons. The van der Waals surface area contributed by atoms with Gasteiger partial charge in [-0.25, -0.2) is 0 Å². The molecule has 0 N–H and O–H groups in total. The molecule has 0 heterocycles. The van der Waals surface area contributed by atoms with Crippen LogP contribution >= 0.6 is 0 Å². The summed E-state index contributed by atoms with van der Waals surface area (Å²) >= 11 is 0. The van der Waals surface area contributed by atoms with E-state index < -0.39 is 0 Å². The van der Waals surface area contributed by atoms with E-state index in [1.807, 2.05) is 12.2 Å². The van der Waals surface area contributed by atoms with Gasteiger partial charge in [0.25, 0.3) is 0 Å². The zero-order valence-electron chi connectivity index (χ0n) is 11.0. The van der Waals surface area contributed by atoms with Crippen molar-refractivity contribution >= 4 is 5.97 Å². The molecule has 0 spiro atoms. The summed E-state index contributed by atoms with van der Waals surface area (Å²) in [5.41, 5.74) is 1.50. The smallest absolute Gasteiger partial charge is 0.305 e. The molecule has 0 aromatic heterocycles. The highest BCUT2D eigenvalue weighted by atomic mass is 16.5. The van der Waals surface area contributed by atoms with E-state index in [9.17, 15) is 4.79 Å². The van der Waals surface area contributed by atoms with E-state index in [4.69, 9.17) is 4.74 Å². The second-order valence-electron chi connectivity index (χ2n) is 5.20. The number of rotatable bonds is 6. The third-order valence-electron chi connectivity index (χ3n) is 1.98. The van der Waals surface area contributed by atoms with Crippen LogP contribution in [0.4, 0.5) is 0 Å². The molecule has 2 nitrogen and oxygen atoms in total. The van der Waals surface area contributed by atoms with Crippen molar-refractivity contribution in [3.05, 3.63) is 24.3 Å². The van der Waals surface area contributed by atoms with E-state index >= 15 is 0 Å². The molecule has 92 valence electrons. The molecule has 0 aromatic carbocycles. The van der Waals surface area contributed by atoms with Gasteiger partial charge in [0.2, 0.25) is 0 Å². The van der Waals surface area contributed by atoms with Gasteiger partial charge >= 0.3 is 5.97 Å². The summed E-state index contributed by atoms with van der Waals surface area (Å²) in [5, 5.41) is 0. The van der Waals surface area contributed by atoms with Gasteiger partial charge in [-0.3, -0.25) is 4.79 Å². The Morgan fingerprint density at radius 3 is 2.44 bits per heavy atom. The van der Waals surface area contributed by atoms with Crippen LogP contribution in [0, 0.1) is 5.41 Å². The third-order valence-corrected chi connectivity index (χ3v) is 1.98. The average molecular weight is 224 g/mol. The molecule has 0 saturated heterocycles. The van der Waals surface area contributed by atoms with E-state index in [0.717, 1.165) is 12.8 Å². The number of esters is 1. The summed E-state index contributed by atoms with van der Waals surface area (Å²) in [7, 11) is 0. The average Bonchev–Trinajstić information content (AvgIpc) is 2.14. The zero-order valence-corrected chi connectivity index (χ0v) is 11.0. The van der Waals surface area contributed by atoms with Crippen LogP contribution in [0.3, 0.4) is 0 Å². The minimum atomic E-state index is -0.154. The molecular weight excluding hydrogens is 200 g/mol. The molecule has 0 aliphatic heterocycles. The lowest BCUT2D eigenvalue weighted by Crippen LogP contribution is -2.05. The standard InChI is InChI=1S/C14H24O2/c1-6-13(15)16-10-8-7-9-12(2)11-14(3,4)5/h7-8H,2,6,9-11H2,1,3-5H3/b8-7+. The Balaban J connectivity index is 3.68. The van der Waals surface area contributed by atoms with Gasteiger partial charge in [-0.1, -0.05) is 52.0 Å². The van der Waals surface area contributed by atoms with E-state index in [2.05, 4.69) is 27.4 Å². The van der Waals surface area contributed by atoms with E-state index in [-0.39, 0.29) is 5.97 Å². The Morgan fingerprint density at radius 2 is 1.94 bits per heavy atom. The number of ether oxygens (including phenoxy) is 1. The second-order valence-corrected chi connectivity index (χ2v) is 5.20. The monoisotopic (exact) mass is 224 g/mol.